The third-order valence-corrected chi connectivity index (χ3v) is 5.28. The smallest absolute Gasteiger partial charge is 0.261 e. The molecular weight excluding hydrogens is 298 g/mol. The van der Waals surface area contributed by atoms with Crippen molar-refractivity contribution in [2.75, 3.05) is 0 Å². The summed E-state index contributed by atoms with van der Waals surface area (Å²) in [7, 11) is 1.58. The van der Waals surface area contributed by atoms with Crippen LogP contribution in [0, 0.1) is 13.8 Å². The van der Waals surface area contributed by atoms with E-state index >= 15 is 0 Å². The molecule has 1 fully saturated rings. The molecule has 110 valence electrons. The number of hydrogen-bond donors (Lipinski definition) is 1. The summed E-state index contributed by atoms with van der Waals surface area (Å²) >= 11 is 0. The van der Waals surface area contributed by atoms with Gasteiger partial charge in [0.15, 0.2) is 0 Å². The SMILES string of the molecule is Cc1cc(C(=O)NC2CCCC2)cc(S(=O)(=O)Cl)c1C. The zero-order chi connectivity index (χ0) is 14.9. The molecule has 1 amide bonds. The van der Waals surface area contributed by atoms with E-state index < -0.39 is 9.05 Å². The van der Waals surface area contributed by atoms with Gasteiger partial charge in [-0.25, -0.2) is 8.42 Å². The molecule has 1 aromatic rings. The molecule has 0 bridgehead atoms. The normalized spacial score (nSPS) is 16.4. The third kappa shape index (κ3) is 3.33. The van der Waals surface area contributed by atoms with Crippen molar-refractivity contribution >= 4 is 25.6 Å². The first-order chi connectivity index (χ1) is 9.29. The number of amides is 1. The van der Waals surface area contributed by atoms with Gasteiger partial charge in [0.25, 0.3) is 15.0 Å². The molecule has 1 saturated carbocycles. The standard InChI is InChI=1S/C14H18ClNO3S/c1-9-7-11(8-13(10(9)2)20(15,18)19)14(17)16-12-5-3-4-6-12/h7-8,12H,3-6H2,1-2H3,(H,16,17). The van der Waals surface area contributed by atoms with Crippen LogP contribution in [0.2, 0.25) is 0 Å². The van der Waals surface area contributed by atoms with Gasteiger partial charge in [-0.15, -0.1) is 0 Å². The Morgan fingerprint density at radius 2 is 1.85 bits per heavy atom. The largest absolute Gasteiger partial charge is 0.349 e. The molecule has 1 N–H and O–H groups in total. The Morgan fingerprint density at radius 3 is 2.40 bits per heavy atom. The summed E-state index contributed by atoms with van der Waals surface area (Å²) < 4.78 is 23.1. The minimum atomic E-state index is -3.85. The lowest BCUT2D eigenvalue weighted by atomic mass is 10.1. The number of benzene rings is 1. The monoisotopic (exact) mass is 315 g/mol. The summed E-state index contributed by atoms with van der Waals surface area (Å²) in [4.78, 5) is 12.2. The maximum atomic E-state index is 12.2. The van der Waals surface area contributed by atoms with E-state index in [9.17, 15) is 13.2 Å². The minimum absolute atomic E-state index is 0.00994. The minimum Gasteiger partial charge on any atom is -0.349 e. The van der Waals surface area contributed by atoms with E-state index in [-0.39, 0.29) is 16.8 Å². The molecule has 0 saturated heterocycles. The van der Waals surface area contributed by atoms with Crippen molar-refractivity contribution in [3.63, 3.8) is 0 Å². The van der Waals surface area contributed by atoms with Crippen molar-refractivity contribution in [3.8, 4) is 0 Å². The highest BCUT2D eigenvalue weighted by Gasteiger charge is 2.21. The number of aryl methyl sites for hydroxylation is 1. The first-order valence-corrected chi connectivity index (χ1v) is 8.97. The lowest BCUT2D eigenvalue weighted by Gasteiger charge is -2.14. The maximum absolute atomic E-state index is 12.2. The van der Waals surface area contributed by atoms with Crippen LogP contribution in [0.5, 0.6) is 0 Å². The quantitative estimate of drug-likeness (QED) is 0.872. The van der Waals surface area contributed by atoms with Crippen molar-refractivity contribution in [3.05, 3.63) is 28.8 Å². The number of halogens is 1. The Kier molecular flexibility index (Phi) is 4.39. The van der Waals surface area contributed by atoms with Gasteiger partial charge in [-0.05, 0) is 49.9 Å². The van der Waals surface area contributed by atoms with E-state index in [1.807, 2.05) is 0 Å². The van der Waals surface area contributed by atoms with Crippen LogP contribution in [-0.4, -0.2) is 20.4 Å². The Hall–Kier alpha value is -1.07. The predicted molar refractivity (Wildman–Crippen MR) is 78.7 cm³/mol. The topological polar surface area (TPSA) is 63.2 Å². The summed E-state index contributed by atoms with van der Waals surface area (Å²) in [6, 6.07) is 3.25. The summed E-state index contributed by atoms with van der Waals surface area (Å²) in [6.07, 6.45) is 4.22. The van der Waals surface area contributed by atoms with Gasteiger partial charge in [0.05, 0.1) is 4.90 Å². The van der Waals surface area contributed by atoms with Crippen LogP contribution in [0.15, 0.2) is 17.0 Å². The summed E-state index contributed by atoms with van der Waals surface area (Å²) in [5.74, 6) is -0.235. The van der Waals surface area contributed by atoms with Crippen LogP contribution in [0.4, 0.5) is 0 Å². The van der Waals surface area contributed by atoms with Gasteiger partial charge < -0.3 is 5.32 Å². The predicted octanol–water partition coefficient (Wildman–Crippen LogP) is 2.90. The van der Waals surface area contributed by atoms with E-state index in [0.29, 0.717) is 11.1 Å². The second-order valence-corrected chi connectivity index (χ2v) is 7.84. The molecule has 0 unspecified atom stereocenters. The molecule has 0 spiro atoms. The molecule has 1 aromatic carbocycles. The lowest BCUT2D eigenvalue weighted by Crippen LogP contribution is -2.32. The van der Waals surface area contributed by atoms with Crippen molar-refractivity contribution in [2.45, 2.75) is 50.5 Å². The molecule has 6 heteroatoms. The molecule has 2 rings (SSSR count). The highest BCUT2D eigenvalue weighted by Crippen LogP contribution is 2.25. The van der Waals surface area contributed by atoms with Gasteiger partial charge >= 0.3 is 0 Å². The molecule has 1 aliphatic carbocycles. The van der Waals surface area contributed by atoms with E-state index in [0.717, 1.165) is 31.2 Å². The molecule has 1 aliphatic rings. The molecule has 0 aliphatic heterocycles. The van der Waals surface area contributed by atoms with Gasteiger partial charge in [0, 0.05) is 22.3 Å². The Morgan fingerprint density at radius 1 is 1.25 bits per heavy atom. The Labute approximate surface area is 123 Å². The van der Waals surface area contributed by atoms with Crippen LogP contribution in [0.25, 0.3) is 0 Å². The van der Waals surface area contributed by atoms with E-state index in [4.69, 9.17) is 10.7 Å². The second-order valence-electron chi connectivity index (χ2n) is 5.31. The Balaban J connectivity index is 2.32. The average Bonchev–Trinajstić information content (AvgIpc) is 2.83. The van der Waals surface area contributed by atoms with Crippen molar-refractivity contribution < 1.29 is 13.2 Å². The number of rotatable bonds is 3. The van der Waals surface area contributed by atoms with Gasteiger partial charge in [-0.1, -0.05) is 12.8 Å². The highest BCUT2D eigenvalue weighted by molar-refractivity contribution is 8.13. The van der Waals surface area contributed by atoms with Gasteiger partial charge in [-0.3, -0.25) is 4.79 Å². The fraction of sp³-hybridized carbons (Fsp3) is 0.500. The van der Waals surface area contributed by atoms with Gasteiger partial charge in [0.2, 0.25) is 0 Å². The first kappa shape index (κ1) is 15.3. The van der Waals surface area contributed by atoms with Gasteiger partial charge in [-0.2, -0.15) is 0 Å². The fourth-order valence-electron chi connectivity index (χ4n) is 2.55. The zero-order valence-electron chi connectivity index (χ0n) is 11.6. The molecule has 0 aromatic heterocycles. The summed E-state index contributed by atoms with van der Waals surface area (Å²) in [5.41, 5.74) is 1.67. The highest BCUT2D eigenvalue weighted by atomic mass is 35.7. The second kappa shape index (κ2) is 5.74. The molecule has 4 nitrogen and oxygen atoms in total. The fourth-order valence-corrected chi connectivity index (χ4v) is 3.83. The number of carbonyl (C=O) groups is 1. The zero-order valence-corrected chi connectivity index (χ0v) is 13.1. The van der Waals surface area contributed by atoms with Crippen LogP contribution in [-0.2, 0) is 9.05 Å². The van der Waals surface area contributed by atoms with Crippen LogP contribution < -0.4 is 5.32 Å². The van der Waals surface area contributed by atoms with E-state index in [1.165, 1.54) is 6.07 Å². The summed E-state index contributed by atoms with van der Waals surface area (Å²) in [5, 5.41) is 2.94. The molecule has 0 atom stereocenters. The molecule has 20 heavy (non-hydrogen) atoms. The number of hydrogen-bond acceptors (Lipinski definition) is 3. The first-order valence-electron chi connectivity index (χ1n) is 6.66. The molecule has 0 radical (unpaired) electrons. The molecular formula is C14H18ClNO3S. The van der Waals surface area contributed by atoms with Crippen LogP contribution in [0.3, 0.4) is 0 Å². The average molecular weight is 316 g/mol. The van der Waals surface area contributed by atoms with Crippen LogP contribution in [0.1, 0.15) is 47.2 Å². The molecule has 0 heterocycles. The van der Waals surface area contributed by atoms with Gasteiger partial charge in [0.1, 0.15) is 0 Å². The lowest BCUT2D eigenvalue weighted by molar-refractivity contribution is 0.0937. The van der Waals surface area contributed by atoms with Crippen molar-refractivity contribution in [1.82, 2.24) is 5.32 Å². The Bertz CT molecular complexity index is 634. The third-order valence-electron chi connectivity index (χ3n) is 3.83. The van der Waals surface area contributed by atoms with E-state index in [1.54, 1.807) is 19.9 Å². The van der Waals surface area contributed by atoms with E-state index in [2.05, 4.69) is 5.32 Å². The van der Waals surface area contributed by atoms with Crippen molar-refractivity contribution in [1.29, 1.82) is 0 Å². The number of carbonyl (C=O) groups excluding carboxylic acids is 1. The summed E-state index contributed by atoms with van der Waals surface area (Å²) in [6.45, 7) is 3.45. The van der Waals surface area contributed by atoms with Crippen LogP contribution >= 0.6 is 10.7 Å². The van der Waals surface area contributed by atoms with Crippen molar-refractivity contribution in [2.24, 2.45) is 0 Å². The maximum Gasteiger partial charge on any atom is 0.261 e. The number of nitrogens with one attached hydrogen (secondary N) is 1.